The molecule has 1 fully saturated rings. The zero-order chi connectivity index (χ0) is 18.0. The van der Waals surface area contributed by atoms with Crippen molar-refractivity contribution in [3.63, 3.8) is 0 Å². The van der Waals surface area contributed by atoms with E-state index in [0.717, 1.165) is 9.64 Å². The predicted octanol–water partition coefficient (Wildman–Crippen LogP) is 2.99. The van der Waals surface area contributed by atoms with Crippen molar-refractivity contribution in [3.05, 3.63) is 50.9 Å². The van der Waals surface area contributed by atoms with Gasteiger partial charge in [0.15, 0.2) is 0 Å². The smallest absolute Gasteiger partial charge is 0.335 e. The molecule has 134 valence electrons. The Labute approximate surface area is 156 Å². The maximum absolute atomic E-state index is 12.8. The largest absolute Gasteiger partial charge is 0.416 e. The third-order valence-electron chi connectivity index (χ3n) is 4.13. The van der Waals surface area contributed by atoms with Gasteiger partial charge in [0.25, 0.3) is 5.91 Å². The summed E-state index contributed by atoms with van der Waals surface area (Å²) in [6, 6.07) is 5.38. The van der Waals surface area contributed by atoms with Gasteiger partial charge in [0.05, 0.1) is 15.3 Å². The molecule has 0 bridgehead atoms. The molecule has 25 heavy (non-hydrogen) atoms. The molecular weight excluding hydrogens is 448 g/mol. The van der Waals surface area contributed by atoms with Gasteiger partial charge in [0.1, 0.15) is 5.69 Å². The minimum absolute atomic E-state index is 0.0966. The van der Waals surface area contributed by atoms with Crippen LogP contribution in [-0.2, 0) is 12.7 Å². The quantitative estimate of drug-likeness (QED) is 0.712. The molecule has 9 heteroatoms. The monoisotopic (exact) mass is 464 g/mol. The van der Waals surface area contributed by atoms with Gasteiger partial charge in [-0.25, -0.2) is 0 Å². The topological polar surface area (TPSA) is 52.2 Å². The Kier molecular flexibility index (Phi) is 5.32. The van der Waals surface area contributed by atoms with Crippen LogP contribution in [0.2, 0.25) is 0 Å². The average Bonchev–Trinajstić information content (AvgIpc) is 3.00. The summed E-state index contributed by atoms with van der Waals surface area (Å²) >= 11 is 2.05. The van der Waals surface area contributed by atoms with Crippen LogP contribution in [0.5, 0.6) is 0 Å². The summed E-state index contributed by atoms with van der Waals surface area (Å²) in [4.78, 5) is 16.2. The molecule has 2 heterocycles. The van der Waals surface area contributed by atoms with Gasteiger partial charge in [-0.15, -0.1) is 0 Å². The van der Waals surface area contributed by atoms with Crippen molar-refractivity contribution < 1.29 is 18.0 Å². The van der Waals surface area contributed by atoms with Gasteiger partial charge in [-0.05, 0) is 34.2 Å². The van der Waals surface area contributed by atoms with Crippen LogP contribution in [0.25, 0.3) is 0 Å². The zero-order valence-corrected chi connectivity index (χ0v) is 15.3. The Bertz CT molecular complexity index is 754. The van der Waals surface area contributed by atoms with Gasteiger partial charge in [0, 0.05) is 32.7 Å². The maximum atomic E-state index is 12.8. The van der Waals surface area contributed by atoms with Crippen molar-refractivity contribution in [3.8, 4) is 0 Å². The fraction of sp³-hybridized carbons (Fsp3) is 0.375. The van der Waals surface area contributed by atoms with E-state index in [1.807, 2.05) is 0 Å². The molecule has 1 amide bonds. The van der Waals surface area contributed by atoms with Gasteiger partial charge < -0.3 is 4.90 Å². The fourth-order valence-electron chi connectivity index (χ4n) is 2.79. The molecule has 0 radical (unpaired) electrons. The minimum Gasteiger partial charge on any atom is -0.335 e. The van der Waals surface area contributed by atoms with E-state index in [1.54, 1.807) is 17.2 Å². The van der Waals surface area contributed by atoms with Crippen LogP contribution < -0.4 is 0 Å². The van der Waals surface area contributed by atoms with E-state index in [4.69, 9.17) is 0 Å². The average molecular weight is 464 g/mol. The van der Waals surface area contributed by atoms with Crippen LogP contribution in [0.1, 0.15) is 21.6 Å². The maximum Gasteiger partial charge on any atom is 0.416 e. The lowest BCUT2D eigenvalue weighted by Gasteiger charge is -2.34. The summed E-state index contributed by atoms with van der Waals surface area (Å²) < 4.78 is 39.1. The van der Waals surface area contributed by atoms with Crippen LogP contribution in [0, 0.1) is 3.57 Å². The highest BCUT2D eigenvalue weighted by Crippen LogP contribution is 2.29. The number of aromatic nitrogens is 2. The minimum atomic E-state index is -4.33. The van der Waals surface area contributed by atoms with Crippen molar-refractivity contribution >= 4 is 28.5 Å². The van der Waals surface area contributed by atoms with E-state index in [0.29, 0.717) is 44.0 Å². The molecule has 0 aliphatic carbocycles. The van der Waals surface area contributed by atoms with E-state index >= 15 is 0 Å². The Hall–Kier alpha value is -1.62. The number of halogens is 4. The second-order valence-corrected chi connectivity index (χ2v) is 7.02. The van der Waals surface area contributed by atoms with E-state index in [1.165, 1.54) is 12.1 Å². The molecule has 0 atom stereocenters. The molecule has 1 aromatic carbocycles. The first-order valence-electron chi connectivity index (χ1n) is 7.71. The Morgan fingerprint density at radius 1 is 1.24 bits per heavy atom. The van der Waals surface area contributed by atoms with E-state index < -0.39 is 11.7 Å². The summed E-state index contributed by atoms with van der Waals surface area (Å²) in [7, 11) is 0. The Morgan fingerprint density at radius 3 is 2.56 bits per heavy atom. The molecular formula is C16H16F3IN4O. The van der Waals surface area contributed by atoms with Crippen LogP contribution in [-0.4, -0.2) is 52.1 Å². The molecule has 0 saturated carbocycles. The summed E-state index contributed by atoms with van der Waals surface area (Å²) in [6.07, 6.45) is -2.74. The lowest BCUT2D eigenvalue weighted by Crippen LogP contribution is -2.48. The highest BCUT2D eigenvalue weighted by atomic mass is 127. The number of carbonyl (C=O) groups excluding carboxylic acids is 1. The number of aromatic amines is 1. The number of alkyl halides is 3. The van der Waals surface area contributed by atoms with Crippen molar-refractivity contribution in [2.24, 2.45) is 0 Å². The number of amides is 1. The van der Waals surface area contributed by atoms with Crippen LogP contribution in [0.15, 0.2) is 30.5 Å². The molecule has 1 aliphatic rings. The molecule has 3 rings (SSSR count). The van der Waals surface area contributed by atoms with Gasteiger partial charge in [-0.2, -0.15) is 18.3 Å². The van der Waals surface area contributed by atoms with Gasteiger partial charge in [-0.3, -0.25) is 14.8 Å². The first-order chi connectivity index (χ1) is 11.8. The molecule has 1 aliphatic heterocycles. The number of hydrogen-bond donors (Lipinski definition) is 1. The number of benzene rings is 1. The highest BCUT2D eigenvalue weighted by molar-refractivity contribution is 14.1. The van der Waals surface area contributed by atoms with E-state index in [-0.39, 0.29) is 5.91 Å². The summed E-state index contributed by atoms with van der Waals surface area (Å²) in [5, 5.41) is 6.56. The van der Waals surface area contributed by atoms with E-state index in [9.17, 15) is 18.0 Å². The zero-order valence-electron chi connectivity index (χ0n) is 13.2. The number of rotatable bonds is 3. The predicted molar refractivity (Wildman–Crippen MR) is 93.9 cm³/mol. The van der Waals surface area contributed by atoms with E-state index in [2.05, 4.69) is 37.7 Å². The van der Waals surface area contributed by atoms with Gasteiger partial charge in [-0.1, -0.05) is 18.2 Å². The molecule has 5 nitrogen and oxygen atoms in total. The number of carbonyl (C=O) groups is 1. The molecule has 0 unspecified atom stereocenters. The van der Waals surface area contributed by atoms with Crippen molar-refractivity contribution in [2.45, 2.75) is 12.7 Å². The second-order valence-electron chi connectivity index (χ2n) is 5.86. The Balaban J connectivity index is 1.58. The lowest BCUT2D eigenvalue weighted by atomic mass is 10.1. The molecule has 1 saturated heterocycles. The molecule has 1 aromatic heterocycles. The number of nitrogens with zero attached hydrogens (tertiary/aromatic N) is 3. The third-order valence-corrected chi connectivity index (χ3v) is 4.94. The Morgan fingerprint density at radius 2 is 1.96 bits per heavy atom. The SMILES string of the molecule is O=C(c1[nH]ncc1I)N1CCN(Cc2cccc(C(F)(F)F)c2)CC1. The summed E-state index contributed by atoms with van der Waals surface area (Å²) in [5.41, 5.74) is 0.470. The first-order valence-corrected chi connectivity index (χ1v) is 8.79. The fourth-order valence-corrected chi connectivity index (χ4v) is 3.28. The summed E-state index contributed by atoms with van der Waals surface area (Å²) in [5.74, 6) is -0.0966. The van der Waals surface area contributed by atoms with Gasteiger partial charge >= 0.3 is 6.18 Å². The number of nitrogens with one attached hydrogen (secondary N) is 1. The molecule has 1 N–H and O–H groups in total. The first kappa shape index (κ1) is 18.2. The van der Waals surface area contributed by atoms with Crippen molar-refractivity contribution in [2.75, 3.05) is 26.2 Å². The van der Waals surface area contributed by atoms with Crippen molar-refractivity contribution in [1.29, 1.82) is 0 Å². The molecule has 2 aromatic rings. The summed E-state index contributed by atoms with van der Waals surface area (Å²) in [6.45, 7) is 2.74. The standard InChI is InChI=1S/C16H16F3IN4O/c17-16(18,19)12-3-1-2-11(8-12)10-23-4-6-24(7-5-23)15(25)14-13(20)9-21-22-14/h1-3,8-9H,4-7,10H2,(H,21,22). The van der Waals surface area contributed by atoms with Gasteiger partial charge in [0.2, 0.25) is 0 Å². The normalized spacial score (nSPS) is 16.2. The van der Waals surface area contributed by atoms with Crippen LogP contribution >= 0.6 is 22.6 Å². The van der Waals surface area contributed by atoms with Crippen molar-refractivity contribution in [1.82, 2.24) is 20.0 Å². The highest BCUT2D eigenvalue weighted by Gasteiger charge is 2.30. The lowest BCUT2D eigenvalue weighted by molar-refractivity contribution is -0.137. The number of hydrogen-bond acceptors (Lipinski definition) is 3. The van der Waals surface area contributed by atoms with Crippen LogP contribution in [0.4, 0.5) is 13.2 Å². The number of piperazine rings is 1. The second kappa shape index (κ2) is 7.32. The number of H-pyrrole nitrogens is 1. The molecule has 0 spiro atoms. The third kappa shape index (κ3) is 4.32. The van der Waals surface area contributed by atoms with Crippen LogP contribution in [0.3, 0.4) is 0 Å².